The highest BCUT2D eigenvalue weighted by atomic mass is 16.6. The van der Waals surface area contributed by atoms with Crippen LogP contribution in [0.1, 0.15) is 26.3 Å². The van der Waals surface area contributed by atoms with Gasteiger partial charge in [-0.1, -0.05) is 6.58 Å². The number of benzene rings is 1. The highest BCUT2D eigenvalue weighted by molar-refractivity contribution is 5.86. The average Bonchev–Trinajstić information content (AvgIpc) is 2.35. The summed E-state index contributed by atoms with van der Waals surface area (Å²) in [6, 6.07) is 5.27. The van der Waals surface area contributed by atoms with Gasteiger partial charge in [-0.2, -0.15) is 0 Å². The van der Waals surface area contributed by atoms with Crippen molar-refractivity contribution in [2.75, 3.05) is 19.0 Å². The molecule has 0 unspecified atom stereocenters. The van der Waals surface area contributed by atoms with Gasteiger partial charge in [0.2, 0.25) is 0 Å². The van der Waals surface area contributed by atoms with Crippen LogP contribution in [0.5, 0.6) is 5.75 Å². The molecule has 0 fully saturated rings. The van der Waals surface area contributed by atoms with Gasteiger partial charge in [0.25, 0.3) is 0 Å². The third-order valence-electron chi connectivity index (χ3n) is 2.47. The van der Waals surface area contributed by atoms with Crippen molar-refractivity contribution in [1.29, 1.82) is 0 Å². The van der Waals surface area contributed by atoms with E-state index in [1.165, 1.54) is 0 Å². The lowest BCUT2D eigenvalue weighted by Crippen LogP contribution is -2.27. The second kappa shape index (κ2) is 6.43. The minimum Gasteiger partial charge on any atom is -0.496 e. The molecule has 20 heavy (non-hydrogen) atoms. The molecule has 0 aliphatic carbocycles. The van der Waals surface area contributed by atoms with Crippen molar-refractivity contribution in [2.45, 2.75) is 26.4 Å². The van der Waals surface area contributed by atoms with Crippen molar-refractivity contribution >= 4 is 17.4 Å². The maximum atomic E-state index is 11.7. The molecule has 0 aromatic heterocycles. The number of hydrogen-bond acceptors (Lipinski definition) is 4. The predicted molar refractivity (Wildman–Crippen MR) is 80.9 cm³/mol. The Kier molecular flexibility index (Phi) is 5.16. The van der Waals surface area contributed by atoms with E-state index < -0.39 is 11.7 Å². The molecule has 3 N–H and O–H groups in total. The summed E-state index contributed by atoms with van der Waals surface area (Å²) in [7, 11) is 1.56. The third-order valence-corrected chi connectivity index (χ3v) is 2.47. The molecule has 110 valence electrons. The maximum absolute atomic E-state index is 11.7. The molecule has 0 saturated carbocycles. The van der Waals surface area contributed by atoms with Gasteiger partial charge in [-0.05, 0) is 38.5 Å². The van der Waals surface area contributed by atoms with Crippen LogP contribution >= 0.6 is 0 Å². The van der Waals surface area contributed by atoms with E-state index in [0.29, 0.717) is 18.0 Å². The molecule has 1 amide bonds. The van der Waals surface area contributed by atoms with Gasteiger partial charge in [0.15, 0.2) is 0 Å². The van der Waals surface area contributed by atoms with E-state index in [-0.39, 0.29) is 0 Å². The quantitative estimate of drug-likeness (QED) is 0.888. The second-order valence-electron chi connectivity index (χ2n) is 5.35. The number of anilines is 1. The molecule has 5 nitrogen and oxygen atoms in total. The Labute approximate surface area is 119 Å². The molecular weight excluding hydrogens is 256 g/mol. The normalized spacial score (nSPS) is 10.8. The number of methoxy groups -OCH3 is 1. The first-order chi connectivity index (χ1) is 9.26. The summed E-state index contributed by atoms with van der Waals surface area (Å²) in [4.78, 5) is 11.7. The van der Waals surface area contributed by atoms with Crippen molar-refractivity contribution in [1.82, 2.24) is 0 Å². The fourth-order valence-corrected chi connectivity index (χ4v) is 1.59. The SMILES string of the molecule is C=C(CN)c1ccc(NC(=O)OC(C)(C)C)cc1OC. The minimum atomic E-state index is -0.540. The predicted octanol–water partition coefficient (Wildman–Crippen LogP) is 3.01. The summed E-state index contributed by atoms with van der Waals surface area (Å²) >= 11 is 0. The molecule has 0 spiro atoms. The number of amides is 1. The fraction of sp³-hybridized carbons (Fsp3) is 0.400. The Morgan fingerprint density at radius 1 is 1.40 bits per heavy atom. The molecule has 0 atom stereocenters. The number of ether oxygens (including phenoxy) is 2. The third kappa shape index (κ3) is 4.59. The number of hydrogen-bond donors (Lipinski definition) is 2. The summed E-state index contributed by atoms with van der Waals surface area (Å²) in [5.74, 6) is 0.606. The summed E-state index contributed by atoms with van der Waals surface area (Å²) in [6.07, 6.45) is -0.509. The number of carbonyl (C=O) groups excluding carboxylic acids is 1. The van der Waals surface area contributed by atoms with E-state index in [2.05, 4.69) is 11.9 Å². The summed E-state index contributed by atoms with van der Waals surface area (Å²) in [6.45, 7) is 9.64. The lowest BCUT2D eigenvalue weighted by atomic mass is 10.1. The number of carbonyl (C=O) groups is 1. The Morgan fingerprint density at radius 2 is 2.05 bits per heavy atom. The molecule has 5 heteroatoms. The topological polar surface area (TPSA) is 73.6 Å². The van der Waals surface area contributed by atoms with E-state index in [0.717, 1.165) is 11.1 Å². The van der Waals surface area contributed by atoms with Crippen LogP contribution in [0.2, 0.25) is 0 Å². The Morgan fingerprint density at radius 3 is 2.55 bits per heavy atom. The number of nitrogens with one attached hydrogen (secondary N) is 1. The molecule has 0 aliphatic rings. The Bertz CT molecular complexity index is 504. The number of nitrogens with two attached hydrogens (primary N) is 1. The van der Waals surface area contributed by atoms with Crippen molar-refractivity contribution in [3.63, 3.8) is 0 Å². The van der Waals surface area contributed by atoms with Gasteiger partial charge in [-0.25, -0.2) is 4.79 Å². The van der Waals surface area contributed by atoms with Gasteiger partial charge in [-0.15, -0.1) is 0 Å². The number of rotatable bonds is 4. The summed E-state index contributed by atoms with van der Waals surface area (Å²) in [5, 5.41) is 2.66. The first kappa shape index (κ1) is 16.0. The van der Waals surface area contributed by atoms with Crippen molar-refractivity contribution in [2.24, 2.45) is 5.73 Å². The highest BCUT2D eigenvalue weighted by Crippen LogP contribution is 2.28. The zero-order valence-corrected chi connectivity index (χ0v) is 12.4. The van der Waals surface area contributed by atoms with Gasteiger partial charge < -0.3 is 15.2 Å². The van der Waals surface area contributed by atoms with Gasteiger partial charge >= 0.3 is 6.09 Å². The van der Waals surface area contributed by atoms with Crippen LogP contribution in [0, 0.1) is 0 Å². The molecule has 1 rings (SSSR count). The van der Waals surface area contributed by atoms with Crippen LogP contribution in [0.4, 0.5) is 10.5 Å². The van der Waals surface area contributed by atoms with Crippen molar-refractivity contribution in [3.8, 4) is 5.75 Å². The largest absolute Gasteiger partial charge is 0.496 e. The van der Waals surface area contributed by atoms with Gasteiger partial charge in [0, 0.05) is 23.9 Å². The van der Waals surface area contributed by atoms with E-state index in [1.807, 2.05) is 20.8 Å². The van der Waals surface area contributed by atoms with Crippen LogP contribution in [0.25, 0.3) is 5.57 Å². The van der Waals surface area contributed by atoms with Crippen LogP contribution in [0.3, 0.4) is 0 Å². The van der Waals surface area contributed by atoms with Crippen LogP contribution in [0.15, 0.2) is 24.8 Å². The molecule has 1 aromatic carbocycles. The lowest BCUT2D eigenvalue weighted by molar-refractivity contribution is 0.0636. The van der Waals surface area contributed by atoms with Gasteiger partial charge in [0.05, 0.1) is 7.11 Å². The van der Waals surface area contributed by atoms with Crippen LogP contribution in [-0.2, 0) is 4.74 Å². The summed E-state index contributed by atoms with van der Waals surface area (Å²) in [5.41, 5.74) is 7.21. The van der Waals surface area contributed by atoms with Crippen molar-refractivity contribution in [3.05, 3.63) is 30.3 Å². The minimum absolute atomic E-state index is 0.342. The fourth-order valence-electron chi connectivity index (χ4n) is 1.59. The molecule has 0 saturated heterocycles. The molecular formula is C15H22N2O3. The van der Waals surface area contributed by atoms with Gasteiger partial charge in [0.1, 0.15) is 11.4 Å². The molecule has 0 bridgehead atoms. The Balaban J connectivity index is 2.88. The Hall–Kier alpha value is -2.01. The standard InChI is InChI=1S/C15H22N2O3/c1-10(9-16)12-7-6-11(8-13(12)19-5)17-14(18)20-15(2,3)4/h6-8H,1,9,16H2,2-5H3,(H,17,18). The second-order valence-corrected chi connectivity index (χ2v) is 5.35. The van der Waals surface area contributed by atoms with E-state index in [1.54, 1.807) is 25.3 Å². The van der Waals surface area contributed by atoms with E-state index in [9.17, 15) is 4.79 Å². The van der Waals surface area contributed by atoms with E-state index in [4.69, 9.17) is 15.2 Å². The van der Waals surface area contributed by atoms with E-state index >= 15 is 0 Å². The molecule has 0 aliphatic heterocycles. The zero-order valence-electron chi connectivity index (χ0n) is 12.4. The zero-order chi connectivity index (χ0) is 15.3. The smallest absolute Gasteiger partial charge is 0.412 e. The monoisotopic (exact) mass is 278 g/mol. The average molecular weight is 278 g/mol. The maximum Gasteiger partial charge on any atom is 0.412 e. The first-order valence-electron chi connectivity index (χ1n) is 6.33. The lowest BCUT2D eigenvalue weighted by Gasteiger charge is -2.20. The van der Waals surface area contributed by atoms with Crippen molar-refractivity contribution < 1.29 is 14.3 Å². The van der Waals surface area contributed by atoms with Crippen LogP contribution < -0.4 is 15.8 Å². The van der Waals surface area contributed by atoms with Gasteiger partial charge in [-0.3, -0.25) is 5.32 Å². The first-order valence-corrected chi connectivity index (χ1v) is 6.33. The molecule has 0 radical (unpaired) electrons. The molecule has 1 aromatic rings. The van der Waals surface area contributed by atoms with Crippen LogP contribution in [-0.4, -0.2) is 25.3 Å². The highest BCUT2D eigenvalue weighted by Gasteiger charge is 2.16. The summed E-state index contributed by atoms with van der Waals surface area (Å²) < 4.78 is 10.5. The molecule has 0 heterocycles.